The highest BCUT2D eigenvalue weighted by atomic mass is 16.2. The van der Waals surface area contributed by atoms with E-state index in [0.29, 0.717) is 13.0 Å². The monoisotopic (exact) mass is 332 g/mol. The third-order valence-corrected chi connectivity index (χ3v) is 4.67. The minimum absolute atomic E-state index is 0.0237. The van der Waals surface area contributed by atoms with E-state index in [0.717, 1.165) is 28.9 Å². The average Bonchev–Trinajstić information content (AvgIpc) is 3.31. The fraction of sp³-hybridized carbons (Fsp3) is 0.200. The van der Waals surface area contributed by atoms with E-state index in [9.17, 15) is 4.79 Å². The van der Waals surface area contributed by atoms with Crippen LogP contribution in [0.3, 0.4) is 0 Å². The van der Waals surface area contributed by atoms with Gasteiger partial charge in [0.15, 0.2) is 0 Å². The molecule has 126 valence electrons. The summed E-state index contributed by atoms with van der Waals surface area (Å²) in [7, 11) is 0. The summed E-state index contributed by atoms with van der Waals surface area (Å²) in [5.74, 6) is -0.0237. The number of anilines is 1. The molecule has 5 nitrogen and oxygen atoms in total. The van der Waals surface area contributed by atoms with Crippen LogP contribution in [-0.4, -0.2) is 28.7 Å². The first-order valence-electron chi connectivity index (χ1n) is 8.46. The van der Waals surface area contributed by atoms with Crippen molar-refractivity contribution < 1.29 is 4.79 Å². The molecule has 0 unspecified atom stereocenters. The van der Waals surface area contributed by atoms with E-state index in [-0.39, 0.29) is 5.91 Å². The fourth-order valence-electron chi connectivity index (χ4n) is 3.35. The lowest BCUT2D eigenvalue weighted by Crippen LogP contribution is -2.44. The number of nitrogens with one attached hydrogen (secondary N) is 1. The molecule has 0 bridgehead atoms. The van der Waals surface area contributed by atoms with Gasteiger partial charge in [-0.3, -0.25) is 9.89 Å². The zero-order valence-corrected chi connectivity index (χ0v) is 13.9. The normalized spacial score (nSPS) is 14.4. The quantitative estimate of drug-likeness (QED) is 0.771. The van der Waals surface area contributed by atoms with Crippen LogP contribution in [-0.2, 0) is 17.6 Å². The molecular weight excluding hydrogens is 312 g/mol. The number of nitrogens with zero attached hydrogens (tertiary/aromatic N) is 2. The molecule has 0 spiro atoms. The van der Waals surface area contributed by atoms with Gasteiger partial charge in [0.25, 0.3) is 0 Å². The molecule has 0 aliphatic carbocycles. The molecule has 1 aromatic heterocycles. The van der Waals surface area contributed by atoms with Crippen LogP contribution in [0.4, 0.5) is 5.69 Å². The van der Waals surface area contributed by atoms with E-state index in [2.05, 4.69) is 22.3 Å². The van der Waals surface area contributed by atoms with Crippen LogP contribution in [0.15, 0.2) is 60.8 Å². The predicted molar refractivity (Wildman–Crippen MR) is 98.2 cm³/mol. The molecule has 25 heavy (non-hydrogen) atoms. The van der Waals surface area contributed by atoms with E-state index in [1.165, 1.54) is 5.56 Å². The SMILES string of the molecule is N[C@@H](Cc1ccccc1)C(=O)N1CCc2ccc(-c3ccn[nH]3)cc21. The first kappa shape index (κ1) is 15.6. The van der Waals surface area contributed by atoms with E-state index in [4.69, 9.17) is 5.73 Å². The molecule has 3 aromatic rings. The summed E-state index contributed by atoms with van der Waals surface area (Å²) in [4.78, 5) is 14.7. The van der Waals surface area contributed by atoms with Gasteiger partial charge in [-0.2, -0.15) is 5.10 Å². The summed E-state index contributed by atoms with van der Waals surface area (Å²) < 4.78 is 0. The number of hydrogen-bond donors (Lipinski definition) is 2. The van der Waals surface area contributed by atoms with E-state index in [1.54, 1.807) is 6.20 Å². The number of aromatic nitrogens is 2. The number of nitrogens with two attached hydrogens (primary N) is 1. The Hall–Kier alpha value is -2.92. The van der Waals surface area contributed by atoms with Gasteiger partial charge < -0.3 is 10.6 Å². The van der Waals surface area contributed by atoms with Gasteiger partial charge >= 0.3 is 0 Å². The Labute approximate surface area is 146 Å². The highest BCUT2D eigenvalue weighted by molar-refractivity contribution is 5.99. The number of aromatic amines is 1. The van der Waals surface area contributed by atoms with Crippen molar-refractivity contribution in [2.24, 2.45) is 5.73 Å². The Morgan fingerprint density at radius 3 is 2.80 bits per heavy atom. The summed E-state index contributed by atoms with van der Waals surface area (Å²) in [5.41, 5.74) is 11.4. The molecule has 0 radical (unpaired) electrons. The van der Waals surface area contributed by atoms with Crippen molar-refractivity contribution in [2.75, 3.05) is 11.4 Å². The van der Waals surface area contributed by atoms with Gasteiger partial charge in [0, 0.05) is 24.0 Å². The van der Waals surface area contributed by atoms with Crippen molar-refractivity contribution in [1.29, 1.82) is 0 Å². The molecule has 1 aliphatic rings. The number of carbonyl (C=O) groups excluding carboxylic acids is 1. The topological polar surface area (TPSA) is 75.0 Å². The van der Waals surface area contributed by atoms with Gasteiger partial charge in [0.1, 0.15) is 0 Å². The Kier molecular flexibility index (Phi) is 4.07. The summed E-state index contributed by atoms with van der Waals surface area (Å²) in [6.07, 6.45) is 3.13. The fourth-order valence-corrected chi connectivity index (χ4v) is 3.35. The van der Waals surface area contributed by atoms with Gasteiger partial charge in [-0.15, -0.1) is 0 Å². The van der Waals surface area contributed by atoms with E-state index < -0.39 is 6.04 Å². The summed E-state index contributed by atoms with van der Waals surface area (Å²) in [6, 6.07) is 17.5. The molecule has 1 amide bonds. The second kappa shape index (κ2) is 6.53. The van der Waals surface area contributed by atoms with Crippen LogP contribution in [0, 0.1) is 0 Å². The molecular formula is C20H20N4O. The van der Waals surface area contributed by atoms with Crippen molar-refractivity contribution in [3.63, 3.8) is 0 Å². The van der Waals surface area contributed by atoms with Gasteiger partial charge in [-0.05, 0) is 36.1 Å². The molecule has 2 heterocycles. The minimum Gasteiger partial charge on any atom is -0.320 e. The maximum Gasteiger partial charge on any atom is 0.244 e. The number of amides is 1. The Bertz CT molecular complexity index is 874. The van der Waals surface area contributed by atoms with Gasteiger partial charge in [-0.1, -0.05) is 42.5 Å². The smallest absolute Gasteiger partial charge is 0.244 e. The van der Waals surface area contributed by atoms with Crippen LogP contribution < -0.4 is 10.6 Å². The lowest BCUT2D eigenvalue weighted by atomic mass is 10.0. The number of benzene rings is 2. The molecule has 0 saturated heterocycles. The highest BCUT2D eigenvalue weighted by Gasteiger charge is 2.28. The van der Waals surface area contributed by atoms with E-state index >= 15 is 0 Å². The molecule has 0 fully saturated rings. The molecule has 2 aromatic carbocycles. The van der Waals surface area contributed by atoms with Crippen molar-refractivity contribution in [2.45, 2.75) is 18.9 Å². The molecule has 1 aliphatic heterocycles. The minimum atomic E-state index is -0.538. The standard InChI is InChI=1S/C20H20N4O/c21-17(12-14-4-2-1-3-5-14)20(25)24-11-9-15-6-7-16(13-19(15)24)18-8-10-22-23-18/h1-8,10,13,17H,9,11-12,21H2,(H,22,23)/t17-/m0/s1. The van der Waals surface area contributed by atoms with Crippen LogP contribution in [0.2, 0.25) is 0 Å². The van der Waals surface area contributed by atoms with Crippen LogP contribution in [0.1, 0.15) is 11.1 Å². The van der Waals surface area contributed by atoms with Crippen LogP contribution >= 0.6 is 0 Å². The second-order valence-corrected chi connectivity index (χ2v) is 6.35. The van der Waals surface area contributed by atoms with Crippen molar-refractivity contribution in [3.8, 4) is 11.3 Å². The predicted octanol–water partition coefficient (Wildman–Crippen LogP) is 2.54. The lowest BCUT2D eigenvalue weighted by molar-refractivity contribution is -0.119. The maximum absolute atomic E-state index is 12.9. The summed E-state index contributed by atoms with van der Waals surface area (Å²) in [6.45, 7) is 0.684. The third-order valence-electron chi connectivity index (χ3n) is 4.67. The van der Waals surface area contributed by atoms with E-state index in [1.807, 2.05) is 47.4 Å². The van der Waals surface area contributed by atoms with Gasteiger partial charge in [-0.25, -0.2) is 0 Å². The van der Waals surface area contributed by atoms with Gasteiger partial charge in [0.2, 0.25) is 5.91 Å². The first-order chi connectivity index (χ1) is 12.2. The Morgan fingerprint density at radius 1 is 1.20 bits per heavy atom. The molecule has 0 saturated carbocycles. The molecule has 1 atom stereocenters. The van der Waals surface area contributed by atoms with Crippen molar-refractivity contribution in [1.82, 2.24) is 10.2 Å². The Balaban J connectivity index is 1.57. The number of fused-ring (bicyclic) bond motifs is 1. The molecule has 5 heteroatoms. The number of rotatable bonds is 4. The first-order valence-corrected chi connectivity index (χ1v) is 8.46. The van der Waals surface area contributed by atoms with Crippen molar-refractivity contribution >= 4 is 11.6 Å². The maximum atomic E-state index is 12.9. The highest BCUT2D eigenvalue weighted by Crippen LogP contribution is 2.32. The lowest BCUT2D eigenvalue weighted by Gasteiger charge is -2.22. The second-order valence-electron chi connectivity index (χ2n) is 6.35. The van der Waals surface area contributed by atoms with Crippen LogP contribution in [0.5, 0.6) is 0 Å². The molecule has 4 rings (SSSR count). The summed E-state index contributed by atoms with van der Waals surface area (Å²) in [5, 5.41) is 6.96. The molecule has 3 N–H and O–H groups in total. The number of hydrogen-bond acceptors (Lipinski definition) is 3. The zero-order chi connectivity index (χ0) is 17.2. The zero-order valence-electron chi connectivity index (χ0n) is 13.9. The van der Waals surface area contributed by atoms with Gasteiger partial charge in [0.05, 0.1) is 11.7 Å². The average molecular weight is 332 g/mol. The Morgan fingerprint density at radius 2 is 2.04 bits per heavy atom. The van der Waals surface area contributed by atoms with Crippen LogP contribution in [0.25, 0.3) is 11.3 Å². The largest absolute Gasteiger partial charge is 0.320 e. The summed E-state index contributed by atoms with van der Waals surface area (Å²) >= 11 is 0. The number of H-pyrrole nitrogens is 1. The third kappa shape index (κ3) is 3.06. The number of carbonyl (C=O) groups is 1. The van der Waals surface area contributed by atoms with Crippen molar-refractivity contribution in [3.05, 3.63) is 71.9 Å².